The summed E-state index contributed by atoms with van der Waals surface area (Å²) >= 11 is 5.94. The largest absolute Gasteiger partial charge is 0.377 e. The zero-order valence-corrected chi connectivity index (χ0v) is 12.9. The average Bonchev–Trinajstić information content (AvgIpc) is 2.44. The lowest BCUT2D eigenvalue weighted by Crippen LogP contribution is -2.52. The lowest BCUT2D eigenvalue weighted by Gasteiger charge is -2.42. The fourth-order valence-electron chi connectivity index (χ4n) is 3.10. The highest BCUT2D eigenvalue weighted by Gasteiger charge is 2.39. The van der Waals surface area contributed by atoms with Crippen molar-refractivity contribution >= 4 is 11.6 Å². The molecule has 2 nitrogen and oxygen atoms in total. The highest BCUT2D eigenvalue weighted by Crippen LogP contribution is 2.37. The number of rotatable bonds is 4. The summed E-state index contributed by atoms with van der Waals surface area (Å²) in [6.07, 6.45) is 4.55. The van der Waals surface area contributed by atoms with Crippen molar-refractivity contribution in [3.8, 4) is 0 Å². The van der Waals surface area contributed by atoms with Crippen LogP contribution in [0.1, 0.15) is 38.2 Å². The van der Waals surface area contributed by atoms with Crippen molar-refractivity contribution in [2.45, 2.75) is 50.7 Å². The number of hydrogen-bond donors (Lipinski definition) is 1. The van der Waals surface area contributed by atoms with Gasteiger partial charge in [-0.15, -0.1) is 0 Å². The van der Waals surface area contributed by atoms with Gasteiger partial charge in [0.25, 0.3) is 0 Å². The summed E-state index contributed by atoms with van der Waals surface area (Å²) in [5.74, 6) is 0.466. The summed E-state index contributed by atoms with van der Waals surface area (Å²) in [6, 6.07) is 4.39. The van der Waals surface area contributed by atoms with E-state index < -0.39 is 0 Å². The Hall–Kier alpha value is -0.640. The smallest absolute Gasteiger partial charge is 0.126 e. The molecule has 0 heterocycles. The van der Waals surface area contributed by atoms with Gasteiger partial charge >= 0.3 is 0 Å². The Bertz CT molecular complexity index is 458. The number of nitrogens with two attached hydrogens (primary N) is 1. The normalized spacial score (nSPS) is 28.4. The first-order chi connectivity index (χ1) is 9.47. The van der Waals surface area contributed by atoms with Crippen LogP contribution in [-0.2, 0) is 11.2 Å². The molecule has 0 bridgehead atoms. The maximum Gasteiger partial charge on any atom is 0.126 e. The van der Waals surface area contributed by atoms with Crippen molar-refractivity contribution in [2.75, 3.05) is 7.11 Å². The number of hydrogen-bond acceptors (Lipinski definition) is 2. The van der Waals surface area contributed by atoms with E-state index in [4.69, 9.17) is 22.1 Å². The van der Waals surface area contributed by atoms with Gasteiger partial charge in [-0.25, -0.2) is 4.39 Å². The molecule has 0 radical (unpaired) electrons. The first kappa shape index (κ1) is 15.7. The zero-order chi connectivity index (χ0) is 14.8. The molecule has 2 N–H and O–H groups in total. The van der Waals surface area contributed by atoms with E-state index >= 15 is 0 Å². The fourth-order valence-corrected chi connectivity index (χ4v) is 3.29. The minimum Gasteiger partial charge on any atom is -0.377 e. The molecular weight excluding hydrogens is 277 g/mol. The summed E-state index contributed by atoms with van der Waals surface area (Å²) in [4.78, 5) is 0. The van der Waals surface area contributed by atoms with Gasteiger partial charge in [0.1, 0.15) is 5.82 Å². The molecular formula is C16H23ClFNO. The van der Waals surface area contributed by atoms with Gasteiger partial charge < -0.3 is 10.5 Å². The average molecular weight is 300 g/mol. The fraction of sp³-hybridized carbons (Fsp3) is 0.625. The molecule has 1 saturated carbocycles. The minimum atomic E-state index is -0.332. The highest BCUT2D eigenvalue weighted by molar-refractivity contribution is 6.30. The molecule has 1 aromatic rings. The van der Waals surface area contributed by atoms with Gasteiger partial charge in [-0.05, 0) is 61.8 Å². The van der Waals surface area contributed by atoms with E-state index in [0.717, 1.165) is 25.7 Å². The molecule has 1 atom stereocenters. The topological polar surface area (TPSA) is 35.2 Å². The van der Waals surface area contributed by atoms with E-state index in [-0.39, 0.29) is 17.5 Å². The Morgan fingerprint density at radius 2 is 2.10 bits per heavy atom. The Labute approximate surface area is 125 Å². The number of methoxy groups -OCH3 is 1. The maximum atomic E-state index is 13.8. The molecule has 2 rings (SSSR count). The molecule has 1 aliphatic carbocycles. The quantitative estimate of drug-likeness (QED) is 0.914. The first-order valence-corrected chi connectivity index (χ1v) is 7.59. The van der Waals surface area contributed by atoms with E-state index in [1.807, 2.05) is 0 Å². The van der Waals surface area contributed by atoms with E-state index in [2.05, 4.69) is 6.92 Å². The van der Waals surface area contributed by atoms with Gasteiger partial charge in [0.2, 0.25) is 0 Å². The second-order valence-electron chi connectivity index (χ2n) is 6.00. The van der Waals surface area contributed by atoms with Crippen molar-refractivity contribution in [3.63, 3.8) is 0 Å². The highest BCUT2D eigenvalue weighted by atomic mass is 35.5. The van der Waals surface area contributed by atoms with Crippen LogP contribution in [0.5, 0.6) is 0 Å². The molecule has 0 aliphatic heterocycles. The molecule has 1 aromatic carbocycles. The van der Waals surface area contributed by atoms with Crippen LogP contribution in [0.25, 0.3) is 0 Å². The second-order valence-corrected chi connectivity index (χ2v) is 6.43. The van der Waals surface area contributed by atoms with Crippen molar-refractivity contribution < 1.29 is 9.13 Å². The zero-order valence-electron chi connectivity index (χ0n) is 12.2. The molecule has 0 spiro atoms. The molecule has 0 aromatic heterocycles. The summed E-state index contributed by atoms with van der Waals surface area (Å²) in [7, 11) is 1.71. The monoisotopic (exact) mass is 299 g/mol. The van der Waals surface area contributed by atoms with Crippen LogP contribution in [-0.4, -0.2) is 18.8 Å². The van der Waals surface area contributed by atoms with Crippen molar-refractivity contribution in [3.05, 3.63) is 34.6 Å². The summed E-state index contributed by atoms with van der Waals surface area (Å²) in [6.45, 7) is 2.25. The number of halogens is 2. The van der Waals surface area contributed by atoms with Gasteiger partial charge in [-0.3, -0.25) is 0 Å². The first-order valence-electron chi connectivity index (χ1n) is 7.21. The van der Waals surface area contributed by atoms with Crippen LogP contribution in [0, 0.1) is 11.7 Å². The van der Waals surface area contributed by atoms with Gasteiger partial charge in [0.05, 0.1) is 5.60 Å². The number of benzene rings is 1. The van der Waals surface area contributed by atoms with E-state index in [0.29, 0.717) is 22.9 Å². The van der Waals surface area contributed by atoms with Gasteiger partial charge in [-0.2, -0.15) is 0 Å². The predicted octanol–water partition coefficient (Wildman–Crippen LogP) is 3.94. The van der Waals surface area contributed by atoms with Gasteiger partial charge in [-0.1, -0.05) is 18.5 Å². The molecule has 0 amide bonds. The minimum absolute atomic E-state index is 0.215. The molecule has 1 fully saturated rings. The second kappa shape index (κ2) is 6.42. The van der Waals surface area contributed by atoms with Gasteiger partial charge in [0.15, 0.2) is 0 Å². The Morgan fingerprint density at radius 1 is 1.45 bits per heavy atom. The third kappa shape index (κ3) is 3.33. The predicted molar refractivity (Wildman–Crippen MR) is 80.5 cm³/mol. The summed E-state index contributed by atoms with van der Waals surface area (Å²) in [5, 5.41) is 0.539. The van der Waals surface area contributed by atoms with Crippen molar-refractivity contribution in [2.24, 2.45) is 11.7 Å². The summed E-state index contributed by atoms with van der Waals surface area (Å²) < 4.78 is 19.6. The SMILES string of the molecule is COC1(C(N)Cc2cc(Cl)ccc2F)CCC(C)CC1. The Morgan fingerprint density at radius 3 is 2.70 bits per heavy atom. The van der Waals surface area contributed by atoms with E-state index in [9.17, 15) is 4.39 Å². The van der Waals surface area contributed by atoms with Crippen molar-refractivity contribution in [1.29, 1.82) is 0 Å². The Balaban J connectivity index is 2.13. The van der Waals surface area contributed by atoms with Crippen LogP contribution in [0.2, 0.25) is 5.02 Å². The molecule has 1 unspecified atom stereocenters. The van der Waals surface area contributed by atoms with Crippen LogP contribution in [0.3, 0.4) is 0 Å². The lowest BCUT2D eigenvalue weighted by molar-refractivity contribution is -0.0660. The van der Waals surface area contributed by atoms with Crippen molar-refractivity contribution in [1.82, 2.24) is 0 Å². The van der Waals surface area contributed by atoms with Crippen LogP contribution >= 0.6 is 11.6 Å². The molecule has 1 aliphatic rings. The standard InChI is InChI=1S/C16H23ClFNO/c1-11-5-7-16(20-2,8-6-11)15(19)10-12-9-13(17)3-4-14(12)18/h3-4,9,11,15H,5-8,10,19H2,1-2H3. The molecule has 4 heteroatoms. The van der Waals surface area contributed by atoms with E-state index in [1.54, 1.807) is 19.2 Å². The Kier molecular flexibility index (Phi) is 5.05. The molecule has 0 saturated heterocycles. The van der Waals surface area contributed by atoms with Crippen LogP contribution in [0.15, 0.2) is 18.2 Å². The molecule has 20 heavy (non-hydrogen) atoms. The molecule has 112 valence electrons. The van der Waals surface area contributed by atoms with E-state index in [1.165, 1.54) is 6.07 Å². The lowest BCUT2D eigenvalue weighted by atomic mass is 9.74. The summed E-state index contributed by atoms with van der Waals surface area (Å²) in [5.41, 5.74) is 6.59. The van der Waals surface area contributed by atoms with Crippen LogP contribution in [0.4, 0.5) is 4.39 Å². The van der Waals surface area contributed by atoms with Gasteiger partial charge in [0, 0.05) is 18.2 Å². The van der Waals surface area contributed by atoms with Crippen LogP contribution < -0.4 is 5.73 Å². The third-order valence-corrected chi connectivity index (χ3v) is 4.89. The maximum absolute atomic E-state index is 13.8. The number of ether oxygens (including phenoxy) is 1. The third-order valence-electron chi connectivity index (χ3n) is 4.65.